The molecule has 2 aromatic rings. The molecule has 1 N–H and O–H groups in total. The maximum Gasteiger partial charge on any atom is 0.137 e. The lowest BCUT2D eigenvalue weighted by molar-refractivity contribution is 0.125. The molecule has 96 valence electrons. The quantitative estimate of drug-likeness (QED) is 0.830. The van der Waals surface area contributed by atoms with Gasteiger partial charge in [-0.25, -0.2) is 9.97 Å². The van der Waals surface area contributed by atoms with Crippen molar-refractivity contribution >= 4 is 11.8 Å². The maximum absolute atomic E-state index is 10.1. The van der Waals surface area contributed by atoms with Gasteiger partial charge in [0.2, 0.25) is 0 Å². The second-order valence-corrected chi connectivity index (χ2v) is 4.93. The molecule has 0 aliphatic rings. The van der Waals surface area contributed by atoms with Crippen molar-refractivity contribution in [1.29, 1.82) is 0 Å². The minimum absolute atomic E-state index is 0.0117. The molecule has 2 heterocycles. The Morgan fingerprint density at radius 1 is 1.44 bits per heavy atom. The summed E-state index contributed by atoms with van der Waals surface area (Å²) in [7, 11) is 0. The van der Waals surface area contributed by atoms with Gasteiger partial charge in [-0.05, 0) is 17.9 Å². The fourth-order valence-corrected chi connectivity index (χ4v) is 2.04. The molecule has 2 rings (SSSR count). The van der Waals surface area contributed by atoms with Gasteiger partial charge in [0, 0.05) is 12.1 Å². The average molecular weight is 264 g/mol. The fraction of sp³-hybridized carbons (Fsp3) is 0.417. The molecule has 2 atom stereocenters. The van der Waals surface area contributed by atoms with Crippen LogP contribution in [0.4, 0.5) is 0 Å². The highest BCUT2D eigenvalue weighted by Crippen LogP contribution is 2.21. The molecular weight excluding hydrogens is 248 g/mol. The molecule has 0 bridgehead atoms. The molecule has 2 aromatic heterocycles. The second-order valence-electron chi connectivity index (χ2n) is 4.11. The van der Waals surface area contributed by atoms with Crippen LogP contribution in [-0.2, 0) is 6.54 Å². The minimum Gasteiger partial charge on any atom is -0.391 e. The molecule has 0 aliphatic carbocycles. The molecule has 0 saturated carbocycles. The zero-order valence-corrected chi connectivity index (χ0v) is 11.2. The van der Waals surface area contributed by atoms with Crippen molar-refractivity contribution < 1.29 is 5.11 Å². The lowest BCUT2D eigenvalue weighted by atomic mass is 9.97. The third-order valence-electron chi connectivity index (χ3n) is 2.91. The van der Waals surface area contributed by atoms with E-state index in [-0.39, 0.29) is 5.92 Å². The highest BCUT2D eigenvalue weighted by atomic mass is 32.2. The van der Waals surface area contributed by atoms with E-state index in [4.69, 9.17) is 0 Å². The molecule has 2 unspecified atom stereocenters. The van der Waals surface area contributed by atoms with E-state index in [1.165, 1.54) is 6.33 Å². The number of thioether (sulfide) groups is 1. The first-order chi connectivity index (χ1) is 8.70. The third kappa shape index (κ3) is 3.08. The Bertz CT molecular complexity index is 471. The Kier molecular flexibility index (Phi) is 4.33. The van der Waals surface area contributed by atoms with Crippen molar-refractivity contribution in [3.05, 3.63) is 36.5 Å². The number of aromatic nitrogens is 4. The lowest BCUT2D eigenvalue weighted by Crippen LogP contribution is -2.22. The topological polar surface area (TPSA) is 63.8 Å². The number of hydrogen-bond donors (Lipinski definition) is 1. The number of hydrogen-bond acceptors (Lipinski definition) is 5. The Balaban J connectivity index is 2.02. The van der Waals surface area contributed by atoms with E-state index in [0.717, 1.165) is 10.6 Å². The number of nitrogens with zero attached hydrogens (tertiary/aromatic N) is 4. The highest BCUT2D eigenvalue weighted by molar-refractivity contribution is 7.98. The minimum atomic E-state index is -0.506. The van der Waals surface area contributed by atoms with Gasteiger partial charge in [0.25, 0.3) is 0 Å². The summed E-state index contributed by atoms with van der Waals surface area (Å²) in [5.41, 5.74) is 1.03. The summed E-state index contributed by atoms with van der Waals surface area (Å²) in [6.07, 6.45) is 6.37. The van der Waals surface area contributed by atoms with Gasteiger partial charge in [-0.2, -0.15) is 5.10 Å². The molecule has 6 heteroatoms. The fourth-order valence-electron chi connectivity index (χ4n) is 1.68. The molecule has 0 radical (unpaired) electrons. The van der Waals surface area contributed by atoms with Crippen molar-refractivity contribution in [3.63, 3.8) is 0 Å². The van der Waals surface area contributed by atoms with Crippen LogP contribution in [-0.4, -0.2) is 37.2 Å². The Hall–Kier alpha value is -1.40. The van der Waals surface area contributed by atoms with Crippen molar-refractivity contribution in [3.8, 4) is 0 Å². The van der Waals surface area contributed by atoms with Crippen LogP contribution in [0, 0.1) is 0 Å². The smallest absolute Gasteiger partial charge is 0.137 e. The maximum atomic E-state index is 10.1. The van der Waals surface area contributed by atoms with Crippen LogP contribution in [0.3, 0.4) is 0 Å². The van der Waals surface area contributed by atoms with Crippen LogP contribution in [0.1, 0.15) is 18.4 Å². The van der Waals surface area contributed by atoms with E-state index in [2.05, 4.69) is 15.1 Å². The van der Waals surface area contributed by atoms with Crippen LogP contribution < -0.4 is 0 Å². The summed E-state index contributed by atoms with van der Waals surface area (Å²) in [5.74, 6) is 0.0117. The number of aliphatic hydroxyl groups is 1. The van der Waals surface area contributed by atoms with Crippen LogP contribution in [0.15, 0.2) is 36.0 Å². The van der Waals surface area contributed by atoms with Crippen LogP contribution in [0.5, 0.6) is 0 Å². The van der Waals surface area contributed by atoms with Crippen LogP contribution >= 0.6 is 11.8 Å². The lowest BCUT2D eigenvalue weighted by Gasteiger charge is -2.18. The average Bonchev–Trinajstić information content (AvgIpc) is 2.91. The zero-order valence-electron chi connectivity index (χ0n) is 10.4. The first-order valence-corrected chi connectivity index (χ1v) is 6.93. The predicted molar refractivity (Wildman–Crippen MR) is 70.5 cm³/mol. The molecule has 18 heavy (non-hydrogen) atoms. The van der Waals surface area contributed by atoms with Crippen molar-refractivity contribution in [1.82, 2.24) is 19.7 Å². The van der Waals surface area contributed by atoms with E-state index >= 15 is 0 Å². The van der Waals surface area contributed by atoms with Crippen molar-refractivity contribution in [2.45, 2.75) is 30.5 Å². The molecular formula is C12H16N4OS. The first kappa shape index (κ1) is 13.0. The number of pyridine rings is 1. The summed E-state index contributed by atoms with van der Waals surface area (Å²) < 4.78 is 1.63. The second kappa shape index (κ2) is 5.97. The molecule has 0 fully saturated rings. The molecule has 0 saturated heterocycles. The standard InChI is InChI=1S/C12H16N4OS/c1-9(10-3-4-12(18-2)14-5-10)11(17)6-16-8-13-7-15-16/h3-5,7-9,11,17H,6H2,1-2H3. The molecule has 0 amide bonds. The third-order valence-corrected chi connectivity index (χ3v) is 3.57. The van der Waals surface area contributed by atoms with E-state index < -0.39 is 6.10 Å². The summed E-state index contributed by atoms with van der Waals surface area (Å²) >= 11 is 1.61. The van der Waals surface area contributed by atoms with Gasteiger partial charge in [-0.1, -0.05) is 13.0 Å². The van der Waals surface area contributed by atoms with E-state index in [1.54, 1.807) is 22.8 Å². The largest absolute Gasteiger partial charge is 0.391 e. The monoisotopic (exact) mass is 264 g/mol. The van der Waals surface area contributed by atoms with Crippen molar-refractivity contribution in [2.75, 3.05) is 6.26 Å². The van der Waals surface area contributed by atoms with Gasteiger partial charge >= 0.3 is 0 Å². The summed E-state index contributed by atoms with van der Waals surface area (Å²) in [4.78, 5) is 8.17. The summed E-state index contributed by atoms with van der Waals surface area (Å²) in [6, 6.07) is 3.98. The molecule has 0 spiro atoms. The van der Waals surface area contributed by atoms with Gasteiger partial charge in [0.15, 0.2) is 0 Å². The summed E-state index contributed by atoms with van der Waals surface area (Å²) in [6.45, 7) is 2.42. The number of rotatable bonds is 5. The molecule has 0 aromatic carbocycles. The normalized spacial score (nSPS) is 14.4. The Labute approximate surface area is 110 Å². The summed E-state index contributed by atoms with van der Waals surface area (Å²) in [5, 5.41) is 15.1. The first-order valence-electron chi connectivity index (χ1n) is 5.71. The van der Waals surface area contributed by atoms with E-state index in [1.807, 2.05) is 31.5 Å². The molecule has 0 aliphatic heterocycles. The zero-order chi connectivity index (χ0) is 13.0. The van der Waals surface area contributed by atoms with E-state index in [0.29, 0.717) is 6.54 Å². The molecule has 5 nitrogen and oxygen atoms in total. The SMILES string of the molecule is CSc1ccc(C(C)C(O)Cn2cncn2)cn1. The number of aliphatic hydroxyl groups excluding tert-OH is 1. The van der Waals surface area contributed by atoms with Gasteiger partial charge < -0.3 is 5.11 Å². The van der Waals surface area contributed by atoms with Crippen molar-refractivity contribution in [2.24, 2.45) is 0 Å². The Morgan fingerprint density at radius 2 is 2.28 bits per heavy atom. The van der Waals surface area contributed by atoms with Gasteiger partial charge in [-0.15, -0.1) is 11.8 Å². The van der Waals surface area contributed by atoms with Gasteiger partial charge in [-0.3, -0.25) is 4.68 Å². The highest BCUT2D eigenvalue weighted by Gasteiger charge is 2.17. The Morgan fingerprint density at radius 3 is 2.83 bits per heavy atom. The van der Waals surface area contributed by atoms with Gasteiger partial charge in [0.1, 0.15) is 12.7 Å². The predicted octanol–water partition coefficient (Wildman–Crippen LogP) is 1.56. The van der Waals surface area contributed by atoms with Gasteiger partial charge in [0.05, 0.1) is 17.7 Å². The van der Waals surface area contributed by atoms with Crippen LogP contribution in [0.25, 0.3) is 0 Å². The van der Waals surface area contributed by atoms with Crippen LogP contribution in [0.2, 0.25) is 0 Å². The van der Waals surface area contributed by atoms with E-state index in [9.17, 15) is 5.11 Å².